The zero-order valence-electron chi connectivity index (χ0n) is 16.7. The molecular weight excluding hydrogens is 338 g/mol. The van der Waals surface area contributed by atoms with Crippen molar-refractivity contribution in [3.05, 3.63) is 47.8 Å². The first-order valence-electron chi connectivity index (χ1n) is 9.84. The molecule has 27 heavy (non-hydrogen) atoms. The minimum atomic E-state index is 0.551. The minimum Gasteiger partial charge on any atom is -0.497 e. The van der Waals surface area contributed by atoms with E-state index in [2.05, 4.69) is 52.7 Å². The van der Waals surface area contributed by atoms with Crippen LogP contribution in [0.1, 0.15) is 36.8 Å². The number of nitrogens with zero attached hydrogens (tertiary/aromatic N) is 4. The average Bonchev–Trinajstić information content (AvgIpc) is 3.34. The van der Waals surface area contributed by atoms with Gasteiger partial charge in [-0.3, -0.25) is 9.67 Å². The van der Waals surface area contributed by atoms with Crippen LogP contribution in [0.5, 0.6) is 5.75 Å². The molecule has 1 N–H and O–H groups in total. The van der Waals surface area contributed by atoms with Gasteiger partial charge in [-0.25, -0.2) is 0 Å². The molecule has 0 radical (unpaired) electrons. The van der Waals surface area contributed by atoms with Gasteiger partial charge in [-0.05, 0) is 49.4 Å². The Hall–Kier alpha value is -2.50. The van der Waals surface area contributed by atoms with Gasteiger partial charge in [0.15, 0.2) is 5.96 Å². The SMILES string of the molecule is CCNC(=NCCCc1cnn(C)c1)N1CCC(c2ccc(OC)cc2)C1. The van der Waals surface area contributed by atoms with Crippen molar-refractivity contribution in [2.24, 2.45) is 12.0 Å². The third kappa shape index (κ3) is 5.25. The second-order valence-electron chi connectivity index (χ2n) is 7.07. The van der Waals surface area contributed by atoms with Gasteiger partial charge in [0.05, 0.1) is 13.3 Å². The van der Waals surface area contributed by atoms with Gasteiger partial charge >= 0.3 is 0 Å². The number of aryl methyl sites for hydroxylation is 2. The molecule has 1 aliphatic heterocycles. The summed E-state index contributed by atoms with van der Waals surface area (Å²) >= 11 is 0. The molecule has 6 nitrogen and oxygen atoms in total. The summed E-state index contributed by atoms with van der Waals surface area (Å²) in [5.74, 6) is 2.51. The second-order valence-corrected chi connectivity index (χ2v) is 7.07. The van der Waals surface area contributed by atoms with Crippen molar-refractivity contribution >= 4 is 5.96 Å². The van der Waals surface area contributed by atoms with Gasteiger partial charge in [0.25, 0.3) is 0 Å². The van der Waals surface area contributed by atoms with Crippen molar-refractivity contribution in [2.45, 2.75) is 32.1 Å². The molecule has 146 valence electrons. The molecule has 0 spiro atoms. The lowest BCUT2D eigenvalue weighted by Gasteiger charge is -2.22. The maximum Gasteiger partial charge on any atom is 0.193 e. The Balaban J connectivity index is 1.54. The summed E-state index contributed by atoms with van der Waals surface area (Å²) < 4.78 is 7.12. The molecule has 0 saturated carbocycles. The smallest absolute Gasteiger partial charge is 0.193 e. The number of ether oxygens (including phenoxy) is 1. The van der Waals surface area contributed by atoms with E-state index in [0.717, 1.165) is 57.2 Å². The van der Waals surface area contributed by atoms with Crippen LogP contribution >= 0.6 is 0 Å². The molecule has 2 heterocycles. The van der Waals surface area contributed by atoms with Gasteiger partial charge in [0, 0.05) is 45.3 Å². The van der Waals surface area contributed by atoms with Crippen molar-refractivity contribution < 1.29 is 4.74 Å². The first kappa shape index (κ1) is 19.3. The van der Waals surface area contributed by atoms with Crippen molar-refractivity contribution in [1.29, 1.82) is 0 Å². The number of aromatic nitrogens is 2. The van der Waals surface area contributed by atoms with Gasteiger partial charge < -0.3 is 15.0 Å². The van der Waals surface area contributed by atoms with Gasteiger partial charge in [0.1, 0.15) is 5.75 Å². The monoisotopic (exact) mass is 369 g/mol. The molecule has 1 atom stereocenters. The summed E-state index contributed by atoms with van der Waals surface area (Å²) in [4.78, 5) is 7.25. The number of aliphatic imine (C=N–C) groups is 1. The number of guanidine groups is 1. The van der Waals surface area contributed by atoms with Crippen LogP contribution in [0.25, 0.3) is 0 Å². The highest BCUT2D eigenvalue weighted by Gasteiger charge is 2.26. The summed E-state index contributed by atoms with van der Waals surface area (Å²) in [6.07, 6.45) is 7.23. The van der Waals surface area contributed by atoms with Crippen molar-refractivity contribution in [3.8, 4) is 5.75 Å². The van der Waals surface area contributed by atoms with E-state index in [4.69, 9.17) is 9.73 Å². The highest BCUT2D eigenvalue weighted by Crippen LogP contribution is 2.28. The van der Waals surface area contributed by atoms with Crippen LogP contribution in [0.3, 0.4) is 0 Å². The maximum absolute atomic E-state index is 5.27. The van der Waals surface area contributed by atoms with E-state index in [-0.39, 0.29) is 0 Å². The van der Waals surface area contributed by atoms with Crippen LogP contribution in [0.15, 0.2) is 41.7 Å². The molecule has 3 rings (SSSR count). The van der Waals surface area contributed by atoms with Crippen LogP contribution in [-0.4, -0.2) is 53.9 Å². The lowest BCUT2D eigenvalue weighted by molar-refractivity contribution is 0.414. The fourth-order valence-electron chi connectivity index (χ4n) is 3.60. The van der Waals surface area contributed by atoms with Crippen LogP contribution in [0.4, 0.5) is 0 Å². The van der Waals surface area contributed by atoms with Crippen molar-refractivity contribution in [2.75, 3.05) is 33.3 Å². The summed E-state index contributed by atoms with van der Waals surface area (Å²) in [7, 11) is 3.66. The van der Waals surface area contributed by atoms with E-state index in [0.29, 0.717) is 5.92 Å². The van der Waals surface area contributed by atoms with E-state index >= 15 is 0 Å². The number of methoxy groups -OCH3 is 1. The Morgan fingerprint density at radius 2 is 2.15 bits per heavy atom. The Morgan fingerprint density at radius 3 is 2.81 bits per heavy atom. The topological polar surface area (TPSA) is 54.7 Å². The predicted molar refractivity (Wildman–Crippen MR) is 109 cm³/mol. The van der Waals surface area contributed by atoms with Gasteiger partial charge in [-0.1, -0.05) is 12.1 Å². The third-order valence-corrected chi connectivity index (χ3v) is 5.05. The van der Waals surface area contributed by atoms with Crippen molar-refractivity contribution in [3.63, 3.8) is 0 Å². The highest BCUT2D eigenvalue weighted by atomic mass is 16.5. The number of likely N-dealkylation sites (tertiary alicyclic amines) is 1. The van der Waals surface area contributed by atoms with Crippen molar-refractivity contribution in [1.82, 2.24) is 20.0 Å². The van der Waals surface area contributed by atoms with Crippen LogP contribution < -0.4 is 10.1 Å². The summed E-state index contributed by atoms with van der Waals surface area (Å²) in [5.41, 5.74) is 2.66. The largest absolute Gasteiger partial charge is 0.497 e. The Morgan fingerprint density at radius 1 is 1.33 bits per heavy atom. The molecule has 1 fully saturated rings. The summed E-state index contributed by atoms with van der Waals surface area (Å²) in [6.45, 7) is 5.92. The summed E-state index contributed by atoms with van der Waals surface area (Å²) in [5, 5.41) is 7.68. The number of rotatable bonds is 7. The quantitative estimate of drug-likeness (QED) is 0.463. The highest BCUT2D eigenvalue weighted by molar-refractivity contribution is 5.80. The molecule has 1 unspecified atom stereocenters. The maximum atomic E-state index is 5.27. The Bertz CT molecular complexity index is 737. The first-order chi connectivity index (χ1) is 13.2. The molecule has 6 heteroatoms. The molecule has 1 aromatic heterocycles. The summed E-state index contributed by atoms with van der Waals surface area (Å²) in [6, 6.07) is 8.47. The van der Waals surface area contributed by atoms with Gasteiger partial charge in [-0.15, -0.1) is 0 Å². The van der Waals surface area contributed by atoms with Gasteiger partial charge in [-0.2, -0.15) is 5.10 Å². The zero-order valence-corrected chi connectivity index (χ0v) is 16.7. The fraction of sp³-hybridized carbons (Fsp3) is 0.524. The molecular formula is C21H31N5O. The van der Waals surface area contributed by atoms with E-state index < -0.39 is 0 Å². The second kappa shape index (κ2) is 9.44. The number of nitrogens with one attached hydrogen (secondary N) is 1. The number of hydrogen-bond donors (Lipinski definition) is 1. The predicted octanol–water partition coefficient (Wildman–Crippen LogP) is 2.82. The average molecular weight is 370 g/mol. The molecule has 0 aliphatic carbocycles. The Labute approximate surface area is 162 Å². The van der Waals surface area contributed by atoms with E-state index in [1.54, 1.807) is 7.11 Å². The van der Waals surface area contributed by atoms with Gasteiger partial charge in [0.2, 0.25) is 0 Å². The first-order valence-corrected chi connectivity index (χ1v) is 9.84. The van der Waals surface area contributed by atoms with Crippen LogP contribution in [0, 0.1) is 0 Å². The molecule has 0 bridgehead atoms. The molecule has 2 aromatic rings. The Kier molecular flexibility index (Phi) is 6.74. The molecule has 1 saturated heterocycles. The lowest BCUT2D eigenvalue weighted by atomic mass is 9.98. The minimum absolute atomic E-state index is 0.551. The van der Waals surface area contributed by atoms with Crippen LogP contribution in [0.2, 0.25) is 0 Å². The fourth-order valence-corrected chi connectivity index (χ4v) is 3.60. The lowest BCUT2D eigenvalue weighted by Crippen LogP contribution is -2.40. The zero-order chi connectivity index (χ0) is 19.1. The molecule has 0 amide bonds. The number of hydrogen-bond acceptors (Lipinski definition) is 3. The number of benzene rings is 1. The molecule has 1 aliphatic rings. The van der Waals surface area contributed by atoms with Crippen LogP contribution in [-0.2, 0) is 13.5 Å². The standard InChI is InChI=1S/C21H31N5O/c1-4-22-21(23-12-5-6-17-14-24-25(2)15-17)26-13-11-19(16-26)18-7-9-20(27-3)10-8-18/h7-10,14-15,19H,4-6,11-13,16H2,1-3H3,(H,22,23). The van der Waals surface area contributed by atoms with E-state index in [1.807, 2.05) is 17.9 Å². The third-order valence-electron chi connectivity index (χ3n) is 5.05. The normalized spacial score (nSPS) is 17.4. The van der Waals surface area contributed by atoms with E-state index in [1.165, 1.54) is 11.1 Å². The molecule has 1 aromatic carbocycles. The van der Waals surface area contributed by atoms with E-state index in [9.17, 15) is 0 Å².